The van der Waals surface area contributed by atoms with Gasteiger partial charge in [-0.05, 0) is 26.0 Å². The minimum atomic E-state index is -0.274. The number of carbonyl (C=O) groups excluding carboxylic acids is 1. The van der Waals surface area contributed by atoms with Crippen molar-refractivity contribution in [3.8, 4) is 0 Å². The molecule has 0 atom stereocenters. The summed E-state index contributed by atoms with van der Waals surface area (Å²) in [6.45, 7) is 5.75. The van der Waals surface area contributed by atoms with Crippen LogP contribution in [0.25, 0.3) is 10.2 Å². The Bertz CT molecular complexity index is 916. The van der Waals surface area contributed by atoms with E-state index in [1.54, 1.807) is 17.9 Å². The van der Waals surface area contributed by atoms with Crippen molar-refractivity contribution in [2.45, 2.75) is 20.4 Å². The molecule has 0 bridgehead atoms. The monoisotopic (exact) mass is 344 g/mol. The van der Waals surface area contributed by atoms with E-state index in [9.17, 15) is 4.79 Å². The molecule has 0 saturated heterocycles. The Hall–Kier alpha value is -2.25. The van der Waals surface area contributed by atoms with Crippen LogP contribution in [0.4, 0.5) is 0 Å². The molecule has 3 aromatic rings. The van der Waals surface area contributed by atoms with Crippen molar-refractivity contribution >= 4 is 27.5 Å². The number of aromatic nitrogens is 3. The second-order valence-corrected chi connectivity index (χ2v) is 6.43. The normalized spacial score (nSPS) is 12.2. The molecular weight excluding hydrogens is 324 g/mol. The van der Waals surface area contributed by atoms with Gasteiger partial charge in [-0.25, -0.2) is 0 Å². The molecule has 0 aliphatic rings. The number of aryl methyl sites for hydroxylation is 2. The molecule has 0 radical (unpaired) electrons. The van der Waals surface area contributed by atoms with Crippen molar-refractivity contribution in [3.63, 3.8) is 0 Å². The summed E-state index contributed by atoms with van der Waals surface area (Å²) in [5.74, 6) is -0.274. The summed E-state index contributed by atoms with van der Waals surface area (Å²) in [7, 11) is 1.75. The predicted molar refractivity (Wildman–Crippen MR) is 94.1 cm³/mol. The molecule has 2 heterocycles. The molecule has 7 heteroatoms. The van der Waals surface area contributed by atoms with Gasteiger partial charge in [0.25, 0.3) is 5.91 Å². The van der Waals surface area contributed by atoms with Crippen LogP contribution in [0.2, 0.25) is 0 Å². The number of ether oxygens (including phenoxy) is 1. The highest BCUT2D eigenvalue weighted by Gasteiger charge is 2.14. The molecule has 0 fully saturated rings. The van der Waals surface area contributed by atoms with Gasteiger partial charge in [0.1, 0.15) is 5.69 Å². The van der Waals surface area contributed by atoms with Crippen molar-refractivity contribution in [3.05, 3.63) is 46.5 Å². The minimum absolute atomic E-state index is 0.274. The van der Waals surface area contributed by atoms with Crippen molar-refractivity contribution in [2.24, 2.45) is 12.0 Å². The number of nitrogens with zero attached hydrogens (tertiary/aromatic N) is 4. The van der Waals surface area contributed by atoms with Crippen LogP contribution in [0.3, 0.4) is 0 Å². The van der Waals surface area contributed by atoms with Crippen LogP contribution in [0, 0.1) is 6.92 Å². The number of fused-ring (bicyclic) bond motifs is 1. The molecule has 0 unspecified atom stereocenters. The van der Waals surface area contributed by atoms with E-state index in [1.807, 2.05) is 42.7 Å². The van der Waals surface area contributed by atoms with E-state index in [0.29, 0.717) is 30.3 Å². The van der Waals surface area contributed by atoms with Crippen LogP contribution < -0.4 is 4.80 Å². The molecular formula is C17H20N4O2S. The van der Waals surface area contributed by atoms with Crippen LogP contribution in [0.5, 0.6) is 0 Å². The Morgan fingerprint density at radius 3 is 2.88 bits per heavy atom. The first kappa shape index (κ1) is 16.6. The molecule has 0 aliphatic heterocycles. The minimum Gasteiger partial charge on any atom is -0.380 e. The van der Waals surface area contributed by atoms with Gasteiger partial charge in [0.2, 0.25) is 0 Å². The SMILES string of the molecule is CCOCCn1c(=NC(=O)c2c(C)cnn2C)sc2ccccc21. The summed E-state index contributed by atoms with van der Waals surface area (Å²) in [5, 5.41) is 4.12. The van der Waals surface area contributed by atoms with E-state index in [0.717, 1.165) is 15.8 Å². The number of hydrogen-bond donors (Lipinski definition) is 0. The van der Waals surface area contributed by atoms with Crippen molar-refractivity contribution < 1.29 is 9.53 Å². The summed E-state index contributed by atoms with van der Waals surface area (Å²) < 4.78 is 10.2. The van der Waals surface area contributed by atoms with Gasteiger partial charge in [-0.1, -0.05) is 23.5 Å². The summed E-state index contributed by atoms with van der Waals surface area (Å²) in [6, 6.07) is 8.05. The van der Waals surface area contributed by atoms with Gasteiger partial charge >= 0.3 is 0 Å². The number of benzene rings is 1. The Morgan fingerprint density at radius 2 is 2.17 bits per heavy atom. The van der Waals surface area contributed by atoms with Gasteiger partial charge in [0.15, 0.2) is 4.80 Å². The topological polar surface area (TPSA) is 61.4 Å². The van der Waals surface area contributed by atoms with Gasteiger partial charge in [-0.2, -0.15) is 10.1 Å². The smallest absolute Gasteiger partial charge is 0.298 e. The fourth-order valence-corrected chi connectivity index (χ4v) is 3.67. The molecule has 0 N–H and O–H groups in total. The van der Waals surface area contributed by atoms with Gasteiger partial charge in [0, 0.05) is 25.8 Å². The van der Waals surface area contributed by atoms with E-state index in [-0.39, 0.29) is 5.91 Å². The first-order valence-electron chi connectivity index (χ1n) is 7.85. The summed E-state index contributed by atoms with van der Waals surface area (Å²) in [4.78, 5) is 17.7. The van der Waals surface area contributed by atoms with Gasteiger partial charge in [-0.15, -0.1) is 0 Å². The zero-order valence-electron chi connectivity index (χ0n) is 14.0. The second kappa shape index (κ2) is 7.11. The highest BCUT2D eigenvalue weighted by atomic mass is 32.1. The Labute approximate surface area is 144 Å². The number of hydrogen-bond acceptors (Lipinski definition) is 4. The highest BCUT2D eigenvalue weighted by molar-refractivity contribution is 7.16. The Morgan fingerprint density at radius 1 is 1.38 bits per heavy atom. The fourth-order valence-electron chi connectivity index (χ4n) is 2.62. The Balaban J connectivity index is 2.07. The van der Waals surface area contributed by atoms with E-state index >= 15 is 0 Å². The molecule has 0 spiro atoms. The first-order chi connectivity index (χ1) is 11.6. The maximum absolute atomic E-state index is 12.6. The second-order valence-electron chi connectivity index (χ2n) is 5.42. The maximum Gasteiger partial charge on any atom is 0.298 e. The lowest BCUT2D eigenvalue weighted by molar-refractivity contribution is 0.0987. The molecule has 24 heavy (non-hydrogen) atoms. The molecule has 3 rings (SSSR count). The summed E-state index contributed by atoms with van der Waals surface area (Å²) in [5.41, 5.74) is 2.41. The van der Waals surface area contributed by atoms with E-state index < -0.39 is 0 Å². The molecule has 6 nitrogen and oxygen atoms in total. The zero-order valence-corrected chi connectivity index (χ0v) is 14.8. The third-order valence-corrected chi connectivity index (χ3v) is 4.83. The molecule has 2 aromatic heterocycles. The molecule has 1 amide bonds. The van der Waals surface area contributed by atoms with Crippen molar-refractivity contribution in [1.82, 2.24) is 14.3 Å². The van der Waals surface area contributed by atoms with Gasteiger partial charge in [0.05, 0.1) is 23.0 Å². The average Bonchev–Trinajstić information content (AvgIpc) is 3.08. The van der Waals surface area contributed by atoms with Crippen LogP contribution in [-0.2, 0) is 18.3 Å². The lowest BCUT2D eigenvalue weighted by Gasteiger charge is -2.05. The van der Waals surface area contributed by atoms with Crippen LogP contribution in [0.15, 0.2) is 35.5 Å². The van der Waals surface area contributed by atoms with E-state index in [2.05, 4.69) is 10.1 Å². The van der Waals surface area contributed by atoms with Crippen LogP contribution in [0.1, 0.15) is 23.0 Å². The van der Waals surface area contributed by atoms with Gasteiger partial charge < -0.3 is 9.30 Å². The average molecular weight is 344 g/mol. The lowest BCUT2D eigenvalue weighted by Crippen LogP contribution is -2.20. The lowest BCUT2D eigenvalue weighted by atomic mass is 10.3. The molecule has 0 saturated carbocycles. The fraction of sp³-hybridized carbons (Fsp3) is 0.353. The van der Waals surface area contributed by atoms with E-state index in [1.165, 1.54) is 11.3 Å². The van der Waals surface area contributed by atoms with Gasteiger partial charge in [-0.3, -0.25) is 9.48 Å². The standard InChI is InChI=1S/C17H20N4O2S/c1-4-23-10-9-21-13-7-5-6-8-14(13)24-17(21)19-16(22)15-12(2)11-18-20(15)3/h5-8,11H,4,9-10H2,1-3H3. The third-order valence-electron chi connectivity index (χ3n) is 3.77. The molecule has 0 aliphatic carbocycles. The van der Waals surface area contributed by atoms with Crippen molar-refractivity contribution in [1.29, 1.82) is 0 Å². The zero-order chi connectivity index (χ0) is 17.1. The summed E-state index contributed by atoms with van der Waals surface area (Å²) in [6.07, 6.45) is 1.68. The quantitative estimate of drug-likeness (QED) is 0.668. The number of carbonyl (C=O) groups is 1. The molecule has 1 aromatic carbocycles. The number of thiazole rings is 1. The van der Waals surface area contributed by atoms with E-state index in [4.69, 9.17) is 4.74 Å². The molecule has 126 valence electrons. The van der Waals surface area contributed by atoms with Crippen LogP contribution in [-0.4, -0.2) is 33.5 Å². The maximum atomic E-state index is 12.6. The highest BCUT2D eigenvalue weighted by Crippen LogP contribution is 2.17. The largest absolute Gasteiger partial charge is 0.380 e. The first-order valence-corrected chi connectivity index (χ1v) is 8.67. The number of rotatable bonds is 5. The predicted octanol–water partition coefficient (Wildman–Crippen LogP) is 2.52. The number of amides is 1. The third kappa shape index (κ3) is 3.18. The van der Waals surface area contributed by atoms with Crippen molar-refractivity contribution in [2.75, 3.05) is 13.2 Å². The Kier molecular flexibility index (Phi) is 4.92. The van der Waals surface area contributed by atoms with Crippen LogP contribution >= 0.6 is 11.3 Å². The number of para-hydroxylation sites is 1. The summed E-state index contributed by atoms with van der Waals surface area (Å²) >= 11 is 1.51.